The summed E-state index contributed by atoms with van der Waals surface area (Å²) in [6.45, 7) is 7.49. The van der Waals surface area contributed by atoms with Crippen LogP contribution in [0.2, 0.25) is 0 Å². The van der Waals surface area contributed by atoms with Crippen molar-refractivity contribution in [2.45, 2.75) is 52.7 Å². The summed E-state index contributed by atoms with van der Waals surface area (Å²) < 4.78 is 3.82. The predicted octanol–water partition coefficient (Wildman–Crippen LogP) is 3.22. The standard InChI is InChI=1S/C19H25N5O/c1-4-16(15-9-7-6-8-10-15)21-18(25)11-12-24-19-14(3)22-23(5-2)17(19)13-20-24/h6-10,13,16H,4-5,11-12H2,1-3H3,(H,21,25). The molecule has 25 heavy (non-hydrogen) atoms. The van der Waals surface area contributed by atoms with E-state index in [1.807, 2.05) is 52.8 Å². The molecule has 0 saturated heterocycles. The fraction of sp³-hybridized carbons (Fsp3) is 0.421. The number of nitrogens with one attached hydrogen (secondary N) is 1. The summed E-state index contributed by atoms with van der Waals surface area (Å²) in [7, 11) is 0. The van der Waals surface area contributed by atoms with E-state index in [-0.39, 0.29) is 11.9 Å². The molecule has 3 aromatic rings. The Morgan fingerprint density at radius 1 is 1.20 bits per heavy atom. The summed E-state index contributed by atoms with van der Waals surface area (Å²) in [5.41, 5.74) is 4.13. The summed E-state index contributed by atoms with van der Waals surface area (Å²) in [4.78, 5) is 12.4. The van der Waals surface area contributed by atoms with Gasteiger partial charge in [0.2, 0.25) is 5.91 Å². The highest BCUT2D eigenvalue weighted by Gasteiger charge is 2.15. The highest BCUT2D eigenvalue weighted by molar-refractivity contribution is 5.79. The molecule has 2 heterocycles. The van der Waals surface area contributed by atoms with E-state index < -0.39 is 0 Å². The lowest BCUT2D eigenvalue weighted by atomic mass is 10.0. The van der Waals surface area contributed by atoms with Gasteiger partial charge in [0.1, 0.15) is 11.0 Å². The molecule has 1 atom stereocenters. The molecule has 0 bridgehead atoms. The molecule has 0 radical (unpaired) electrons. The van der Waals surface area contributed by atoms with Crippen LogP contribution in [0, 0.1) is 6.92 Å². The van der Waals surface area contributed by atoms with Crippen molar-refractivity contribution in [3.8, 4) is 0 Å². The van der Waals surface area contributed by atoms with Gasteiger partial charge in [0.25, 0.3) is 0 Å². The van der Waals surface area contributed by atoms with Gasteiger partial charge in [-0.15, -0.1) is 0 Å². The summed E-state index contributed by atoms with van der Waals surface area (Å²) >= 11 is 0. The summed E-state index contributed by atoms with van der Waals surface area (Å²) in [5.74, 6) is 0.0416. The van der Waals surface area contributed by atoms with E-state index in [1.165, 1.54) is 0 Å². The number of hydrogen-bond donors (Lipinski definition) is 1. The Morgan fingerprint density at radius 2 is 1.96 bits per heavy atom. The largest absolute Gasteiger partial charge is 0.349 e. The number of nitrogens with zero attached hydrogens (tertiary/aromatic N) is 4. The van der Waals surface area contributed by atoms with E-state index in [1.54, 1.807) is 0 Å². The van der Waals surface area contributed by atoms with Crippen molar-refractivity contribution in [3.05, 3.63) is 47.8 Å². The van der Waals surface area contributed by atoms with E-state index in [0.29, 0.717) is 13.0 Å². The average molecular weight is 339 g/mol. The van der Waals surface area contributed by atoms with Crippen LogP contribution in [-0.4, -0.2) is 25.5 Å². The van der Waals surface area contributed by atoms with Gasteiger partial charge < -0.3 is 5.32 Å². The normalized spacial score (nSPS) is 12.4. The van der Waals surface area contributed by atoms with Gasteiger partial charge in [0, 0.05) is 13.0 Å². The van der Waals surface area contributed by atoms with Crippen LogP contribution in [0.25, 0.3) is 11.0 Å². The minimum absolute atomic E-state index is 0.0416. The lowest BCUT2D eigenvalue weighted by Crippen LogP contribution is -2.29. The Bertz CT molecular complexity index is 849. The van der Waals surface area contributed by atoms with Crippen LogP contribution in [-0.2, 0) is 17.9 Å². The van der Waals surface area contributed by atoms with E-state index in [2.05, 4.69) is 29.4 Å². The minimum Gasteiger partial charge on any atom is -0.349 e. The first-order valence-electron chi connectivity index (χ1n) is 8.87. The summed E-state index contributed by atoms with van der Waals surface area (Å²) in [6.07, 6.45) is 3.09. The Labute approximate surface area is 147 Å². The molecule has 0 saturated carbocycles. The molecular formula is C19H25N5O. The number of carbonyl (C=O) groups excluding carboxylic acids is 1. The van der Waals surface area contributed by atoms with Gasteiger partial charge in [0.15, 0.2) is 0 Å². The molecule has 1 N–H and O–H groups in total. The molecule has 6 nitrogen and oxygen atoms in total. The number of fused-ring (bicyclic) bond motifs is 1. The van der Waals surface area contributed by atoms with E-state index in [4.69, 9.17) is 0 Å². The van der Waals surface area contributed by atoms with Crippen molar-refractivity contribution >= 4 is 16.9 Å². The molecule has 0 aliphatic heterocycles. The van der Waals surface area contributed by atoms with Gasteiger partial charge in [0.05, 0.1) is 24.5 Å². The third kappa shape index (κ3) is 3.57. The summed E-state index contributed by atoms with van der Waals surface area (Å²) in [5, 5.41) is 12.1. The fourth-order valence-corrected chi connectivity index (χ4v) is 3.21. The molecule has 1 aromatic carbocycles. The fourth-order valence-electron chi connectivity index (χ4n) is 3.21. The third-order valence-corrected chi connectivity index (χ3v) is 4.51. The highest BCUT2D eigenvalue weighted by Crippen LogP contribution is 2.19. The molecule has 0 fully saturated rings. The van der Waals surface area contributed by atoms with Gasteiger partial charge in [-0.3, -0.25) is 14.2 Å². The molecule has 6 heteroatoms. The predicted molar refractivity (Wildman–Crippen MR) is 98.2 cm³/mol. The first kappa shape index (κ1) is 17.2. The van der Waals surface area contributed by atoms with E-state index in [0.717, 1.165) is 35.3 Å². The number of aryl methyl sites for hydroxylation is 3. The van der Waals surface area contributed by atoms with Gasteiger partial charge in [-0.05, 0) is 25.8 Å². The smallest absolute Gasteiger partial charge is 0.222 e. The number of carbonyl (C=O) groups is 1. The first-order valence-corrected chi connectivity index (χ1v) is 8.87. The van der Waals surface area contributed by atoms with Crippen LogP contribution in [0.5, 0.6) is 0 Å². The third-order valence-electron chi connectivity index (χ3n) is 4.51. The SMILES string of the molecule is CCC(NC(=O)CCn1ncc2c1c(C)nn2CC)c1ccccc1. The van der Waals surface area contributed by atoms with Crippen LogP contribution >= 0.6 is 0 Å². The Morgan fingerprint density at radius 3 is 2.64 bits per heavy atom. The maximum Gasteiger partial charge on any atom is 0.222 e. The quantitative estimate of drug-likeness (QED) is 0.719. The van der Waals surface area contributed by atoms with Crippen molar-refractivity contribution in [2.24, 2.45) is 0 Å². The first-order chi connectivity index (χ1) is 12.1. The lowest BCUT2D eigenvalue weighted by molar-refractivity contribution is -0.122. The Kier molecular flexibility index (Phi) is 5.16. The van der Waals surface area contributed by atoms with Crippen LogP contribution < -0.4 is 5.32 Å². The second kappa shape index (κ2) is 7.51. The molecular weight excluding hydrogens is 314 g/mol. The molecule has 0 aliphatic rings. The van der Waals surface area contributed by atoms with Crippen molar-refractivity contribution < 1.29 is 4.79 Å². The zero-order valence-electron chi connectivity index (χ0n) is 15.1. The number of benzene rings is 1. The van der Waals surface area contributed by atoms with Crippen molar-refractivity contribution in [1.29, 1.82) is 0 Å². The van der Waals surface area contributed by atoms with Gasteiger partial charge in [-0.2, -0.15) is 10.2 Å². The second-order valence-corrected chi connectivity index (χ2v) is 6.19. The van der Waals surface area contributed by atoms with Crippen molar-refractivity contribution in [1.82, 2.24) is 24.9 Å². The van der Waals surface area contributed by atoms with Crippen LogP contribution in [0.4, 0.5) is 0 Å². The Balaban J connectivity index is 1.65. The van der Waals surface area contributed by atoms with Gasteiger partial charge in [-0.1, -0.05) is 37.3 Å². The maximum atomic E-state index is 12.4. The number of hydrogen-bond acceptors (Lipinski definition) is 3. The van der Waals surface area contributed by atoms with Crippen molar-refractivity contribution in [3.63, 3.8) is 0 Å². The molecule has 3 rings (SSSR count). The number of aromatic nitrogens is 4. The van der Waals surface area contributed by atoms with Gasteiger partial charge in [-0.25, -0.2) is 0 Å². The second-order valence-electron chi connectivity index (χ2n) is 6.19. The lowest BCUT2D eigenvalue weighted by Gasteiger charge is -2.17. The molecule has 2 aromatic heterocycles. The minimum atomic E-state index is 0.0416. The van der Waals surface area contributed by atoms with Crippen molar-refractivity contribution in [2.75, 3.05) is 0 Å². The van der Waals surface area contributed by atoms with Crippen LogP contribution in [0.1, 0.15) is 44.0 Å². The van der Waals surface area contributed by atoms with Gasteiger partial charge >= 0.3 is 0 Å². The van der Waals surface area contributed by atoms with Crippen LogP contribution in [0.3, 0.4) is 0 Å². The topological polar surface area (TPSA) is 64.7 Å². The average Bonchev–Trinajstić information content (AvgIpc) is 3.20. The molecule has 0 spiro atoms. The number of amides is 1. The monoisotopic (exact) mass is 339 g/mol. The zero-order valence-corrected chi connectivity index (χ0v) is 15.1. The zero-order chi connectivity index (χ0) is 17.8. The maximum absolute atomic E-state index is 12.4. The highest BCUT2D eigenvalue weighted by atomic mass is 16.1. The Hall–Kier alpha value is -2.63. The summed E-state index contributed by atoms with van der Waals surface area (Å²) in [6, 6.07) is 10.1. The molecule has 1 unspecified atom stereocenters. The van der Waals surface area contributed by atoms with E-state index in [9.17, 15) is 4.79 Å². The van der Waals surface area contributed by atoms with Crippen LogP contribution in [0.15, 0.2) is 36.5 Å². The number of rotatable bonds is 7. The molecule has 0 aliphatic carbocycles. The molecule has 1 amide bonds. The van der Waals surface area contributed by atoms with E-state index >= 15 is 0 Å². The molecule has 132 valence electrons.